The van der Waals surface area contributed by atoms with Gasteiger partial charge in [-0.1, -0.05) is 121 Å². The van der Waals surface area contributed by atoms with Crippen molar-refractivity contribution in [1.29, 1.82) is 0 Å². The third kappa shape index (κ3) is 5.29. The fourth-order valence-electron chi connectivity index (χ4n) is 8.59. The lowest BCUT2D eigenvalue weighted by Gasteiger charge is -2.12. The normalized spacial score (nSPS) is 11.7. The zero-order chi connectivity index (χ0) is 38.9. The van der Waals surface area contributed by atoms with Crippen LogP contribution in [0.3, 0.4) is 0 Å². The number of imidazole rings is 1. The number of aromatic nitrogens is 6. The average Bonchev–Trinajstić information content (AvgIpc) is 3.99. The molecular formula is C52H32N6O. The van der Waals surface area contributed by atoms with E-state index >= 15 is 0 Å². The molecule has 0 aliphatic rings. The van der Waals surface area contributed by atoms with Gasteiger partial charge in [0.05, 0.1) is 22.1 Å². The molecule has 0 N–H and O–H groups in total. The Morgan fingerprint density at radius 1 is 0.356 bits per heavy atom. The minimum Gasteiger partial charge on any atom is -0.456 e. The highest BCUT2D eigenvalue weighted by Gasteiger charge is 2.23. The third-order valence-electron chi connectivity index (χ3n) is 11.2. The highest BCUT2D eigenvalue weighted by Crippen LogP contribution is 2.43. The zero-order valence-corrected chi connectivity index (χ0v) is 31.6. The number of hydrogen-bond donors (Lipinski definition) is 0. The highest BCUT2D eigenvalue weighted by atomic mass is 16.3. The van der Waals surface area contributed by atoms with E-state index in [1.165, 1.54) is 0 Å². The van der Waals surface area contributed by atoms with Crippen LogP contribution >= 0.6 is 0 Å². The van der Waals surface area contributed by atoms with E-state index < -0.39 is 0 Å². The van der Waals surface area contributed by atoms with Crippen molar-refractivity contribution >= 4 is 54.8 Å². The van der Waals surface area contributed by atoms with Gasteiger partial charge in [0, 0.05) is 55.2 Å². The molecule has 0 unspecified atom stereocenters. The summed E-state index contributed by atoms with van der Waals surface area (Å²) < 4.78 is 11.2. The molecule has 276 valence electrons. The number of para-hydroxylation sites is 5. The summed E-state index contributed by atoms with van der Waals surface area (Å²) in [6, 6.07) is 66.6. The maximum Gasteiger partial charge on any atom is 0.164 e. The second-order valence-electron chi connectivity index (χ2n) is 14.6. The predicted octanol–water partition coefficient (Wildman–Crippen LogP) is 12.9. The lowest BCUT2D eigenvalue weighted by molar-refractivity contribution is 0.669. The summed E-state index contributed by atoms with van der Waals surface area (Å²) in [7, 11) is 0. The van der Waals surface area contributed by atoms with E-state index in [0.29, 0.717) is 17.5 Å². The average molecular weight is 757 g/mol. The lowest BCUT2D eigenvalue weighted by atomic mass is 10.0. The fraction of sp³-hybridized carbons (Fsp3) is 0. The quantitative estimate of drug-likeness (QED) is 0.169. The van der Waals surface area contributed by atoms with Crippen LogP contribution < -0.4 is 0 Å². The molecule has 0 bridgehead atoms. The number of furan rings is 1. The SMILES string of the molecule is c1ccc(-c2nc(-c3ccc4c(c3)c3ccccc3n4-c3ccccc3)nc(-c3cccc4oc5cccc(-c6nc7ccccc7n6-c6ccccc6)c5c34)n2)cc1. The van der Waals surface area contributed by atoms with Crippen LogP contribution in [0.5, 0.6) is 0 Å². The van der Waals surface area contributed by atoms with Gasteiger partial charge in [0.25, 0.3) is 0 Å². The minimum atomic E-state index is 0.556. The molecule has 0 aliphatic carbocycles. The molecule has 7 heteroatoms. The second-order valence-corrected chi connectivity index (χ2v) is 14.6. The molecular weight excluding hydrogens is 725 g/mol. The van der Waals surface area contributed by atoms with Crippen LogP contribution in [0.15, 0.2) is 199 Å². The van der Waals surface area contributed by atoms with Crippen LogP contribution in [-0.2, 0) is 0 Å². The van der Waals surface area contributed by atoms with E-state index in [9.17, 15) is 0 Å². The van der Waals surface area contributed by atoms with Crippen molar-refractivity contribution in [3.8, 4) is 56.9 Å². The largest absolute Gasteiger partial charge is 0.456 e. The van der Waals surface area contributed by atoms with Crippen molar-refractivity contribution in [3.63, 3.8) is 0 Å². The first kappa shape index (κ1) is 33.0. The molecule has 12 rings (SSSR count). The van der Waals surface area contributed by atoms with Crippen molar-refractivity contribution < 1.29 is 4.42 Å². The standard InChI is InChI=1S/C52H32N6O/c1-4-16-33(17-5-1)49-54-50(34-30-31-43-40(32-34)37-22-10-12-26-42(37)57(43)35-18-6-2-7-19-35)56-51(55-49)38-23-14-28-45-47(38)48-39(24-15-29-46(48)59-45)52-53-41-25-11-13-27-44(41)58(52)36-20-8-3-9-21-36/h1-32H. The maximum atomic E-state index is 6.64. The zero-order valence-electron chi connectivity index (χ0n) is 31.6. The van der Waals surface area contributed by atoms with Crippen LogP contribution in [0.2, 0.25) is 0 Å². The number of benzene rings is 8. The van der Waals surface area contributed by atoms with Crippen LogP contribution in [0.25, 0.3) is 112 Å². The Kier molecular flexibility index (Phi) is 7.40. The number of rotatable bonds is 6. The molecule has 7 nitrogen and oxygen atoms in total. The molecule has 0 saturated heterocycles. The molecule has 0 fully saturated rings. The topological polar surface area (TPSA) is 74.6 Å². The molecule has 0 saturated carbocycles. The van der Waals surface area contributed by atoms with Crippen LogP contribution in [0.4, 0.5) is 0 Å². The van der Waals surface area contributed by atoms with Gasteiger partial charge in [-0.15, -0.1) is 0 Å². The Morgan fingerprint density at radius 3 is 1.66 bits per heavy atom. The minimum absolute atomic E-state index is 0.556. The fourth-order valence-corrected chi connectivity index (χ4v) is 8.59. The van der Waals surface area contributed by atoms with Gasteiger partial charge in [-0.2, -0.15) is 0 Å². The number of nitrogens with zero attached hydrogens (tertiary/aromatic N) is 6. The monoisotopic (exact) mass is 756 g/mol. The van der Waals surface area contributed by atoms with E-state index in [-0.39, 0.29) is 0 Å². The van der Waals surface area contributed by atoms with Crippen molar-refractivity contribution in [3.05, 3.63) is 194 Å². The summed E-state index contributed by atoms with van der Waals surface area (Å²) in [5.74, 6) is 2.56. The van der Waals surface area contributed by atoms with Crippen LogP contribution in [0.1, 0.15) is 0 Å². The molecule has 0 radical (unpaired) electrons. The number of fused-ring (bicyclic) bond motifs is 7. The predicted molar refractivity (Wildman–Crippen MR) is 238 cm³/mol. The highest BCUT2D eigenvalue weighted by molar-refractivity contribution is 6.17. The van der Waals surface area contributed by atoms with Crippen molar-refractivity contribution in [2.24, 2.45) is 0 Å². The Bertz CT molecular complexity index is 3550. The molecule has 4 aromatic heterocycles. The summed E-state index contributed by atoms with van der Waals surface area (Å²) in [6.07, 6.45) is 0. The summed E-state index contributed by atoms with van der Waals surface area (Å²) in [6.45, 7) is 0. The third-order valence-corrected chi connectivity index (χ3v) is 11.2. The van der Waals surface area contributed by atoms with Crippen LogP contribution in [-0.4, -0.2) is 29.1 Å². The Balaban J connectivity index is 1.11. The summed E-state index contributed by atoms with van der Waals surface area (Å²) in [5, 5.41) is 4.15. The van der Waals surface area contributed by atoms with E-state index in [1.54, 1.807) is 0 Å². The first-order valence-corrected chi connectivity index (χ1v) is 19.7. The molecule has 12 aromatic rings. The summed E-state index contributed by atoms with van der Waals surface area (Å²) >= 11 is 0. The van der Waals surface area contributed by atoms with E-state index in [2.05, 4.69) is 130 Å². The first-order chi connectivity index (χ1) is 29.3. The van der Waals surface area contributed by atoms with Crippen LogP contribution in [0, 0.1) is 0 Å². The lowest BCUT2D eigenvalue weighted by Crippen LogP contribution is -2.01. The van der Waals surface area contributed by atoms with Gasteiger partial charge in [-0.25, -0.2) is 19.9 Å². The maximum absolute atomic E-state index is 6.64. The molecule has 4 heterocycles. The second kappa shape index (κ2) is 13.2. The van der Waals surface area contributed by atoms with E-state index in [0.717, 1.165) is 94.2 Å². The Hall–Kier alpha value is -8.16. The smallest absolute Gasteiger partial charge is 0.164 e. The van der Waals surface area contributed by atoms with Gasteiger partial charge in [-0.05, 0) is 72.8 Å². The molecule has 0 amide bonds. The summed E-state index contributed by atoms with van der Waals surface area (Å²) in [5.41, 5.74) is 11.4. The van der Waals surface area contributed by atoms with Gasteiger partial charge < -0.3 is 8.98 Å². The van der Waals surface area contributed by atoms with Gasteiger partial charge >= 0.3 is 0 Å². The van der Waals surface area contributed by atoms with Gasteiger partial charge in [0.15, 0.2) is 17.5 Å². The molecule has 0 atom stereocenters. The Morgan fingerprint density at radius 2 is 0.915 bits per heavy atom. The number of hydrogen-bond acceptors (Lipinski definition) is 5. The van der Waals surface area contributed by atoms with E-state index in [4.69, 9.17) is 24.4 Å². The van der Waals surface area contributed by atoms with Crippen molar-refractivity contribution in [2.75, 3.05) is 0 Å². The summed E-state index contributed by atoms with van der Waals surface area (Å²) in [4.78, 5) is 20.9. The molecule has 0 spiro atoms. The molecule has 0 aliphatic heterocycles. The van der Waals surface area contributed by atoms with Gasteiger partial charge in [-0.3, -0.25) is 4.57 Å². The van der Waals surface area contributed by atoms with Gasteiger partial charge in [0.2, 0.25) is 0 Å². The molecule has 8 aromatic carbocycles. The molecule has 59 heavy (non-hydrogen) atoms. The van der Waals surface area contributed by atoms with Crippen molar-refractivity contribution in [1.82, 2.24) is 29.1 Å². The van der Waals surface area contributed by atoms with Crippen molar-refractivity contribution in [2.45, 2.75) is 0 Å². The Labute approximate surface area is 338 Å². The van der Waals surface area contributed by atoms with Gasteiger partial charge in [0.1, 0.15) is 17.0 Å². The van der Waals surface area contributed by atoms with E-state index in [1.807, 2.05) is 72.8 Å². The first-order valence-electron chi connectivity index (χ1n) is 19.7.